The molecule has 0 aromatic heterocycles. The normalized spacial score (nSPS) is 16.2. The molecule has 0 unspecified atom stereocenters. The highest BCUT2D eigenvalue weighted by Crippen LogP contribution is 2.17. The van der Waals surface area contributed by atoms with E-state index < -0.39 is 17.8 Å². The standard InChI is InChI=1S/C17H25N3O3/c1-5-18(6-2)13-11-9-10-12-14-15(21)19(7-3)17(23)20(8-4)16(14)22/h9-13H,5-8H2,1-4H3/b10-9+,13-11+. The first kappa shape index (κ1) is 18.7. The zero-order valence-corrected chi connectivity index (χ0v) is 14.3. The SMILES string of the molecule is CCN(/C=C/C=C/C=C1C(=O)N(CC)C(=O)N(CC)C1=O)CC. The van der Waals surface area contributed by atoms with Gasteiger partial charge in [0.1, 0.15) is 5.57 Å². The lowest BCUT2D eigenvalue weighted by molar-refractivity contribution is -0.135. The van der Waals surface area contributed by atoms with Crippen LogP contribution < -0.4 is 0 Å². The summed E-state index contributed by atoms with van der Waals surface area (Å²) in [5.41, 5.74) is 0.0146. The summed E-state index contributed by atoms with van der Waals surface area (Å²) in [4.78, 5) is 40.8. The number of imide groups is 2. The maximum atomic E-state index is 12.2. The lowest BCUT2D eigenvalue weighted by atomic mass is 10.1. The van der Waals surface area contributed by atoms with Gasteiger partial charge in [0.25, 0.3) is 11.8 Å². The fourth-order valence-corrected chi connectivity index (χ4v) is 2.22. The molecule has 0 saturated carbocycles. The molecule has 0 atom stereocenters. The maximum absolute atomic E-state index is 12.2. The van der Waals surface area contributed by atoms with Gasteiger partial charge in [-0.15, -0.1) is 0 Å². The number of hydrogen-bond acceptors (Lipinski definition) is 4. The summed E-state index contributed by atoms with van der Waals surface area (Å²) in [6.07, 6.45) is 8.66. The van der Waals surface area contributed by atoms with Gasteiger partial charge in [-0.3, -0.25) is 19.4 Å². The van der Waals surface area contributed by atoms with Gasteiger partial charge in [0, 0.05) is 26.2 Å². The third-order valence-electron chi connectivity index (χ3n) is 3.64. The molecule has 1 rings (SSSR count). The smallest absolute Gasteiger partial charge is 0.333 e. The predicted octanol–water partition coefficient (Wildman–Crippen LogP) is 2.16. The average molecular weight is 319 g/mol. The largest absolute Gasteiger partial charge is 0.378 e. The Bertz CT molecular complexity index is 517. The van der Waals surface area contributed by atoms with E-state index in [1.165, 1.54) is 6.08 Å². The predicted molar refractivity (Wildman–Crippen MR) is 89.5 cm³/mol. The van der Waals surface area contributed by atoms with Crippen molar-refractivity contribution >= 4 is 17.8 Å². The molecular weight excluding hydrogens is 294 g/mol. The minimum absolute atomic E-state index is 0.0146. The van der Waals surface area contributed by atoms with Gasteiger partial charge in [-0.05, 0) is 46.0 Å². The van der Waals surface area contributed by atoms with E-state index >= 15 is 0 Å². The van der Waals surface area contributed by atoms with Crippen LogP contribution in [0.15, 0.2) is 36.1 Å². The molecular formula is C17H25N3O3. The van der Waals surface area contributed by atoms with Crippen molar-refractivity contribution in [3.63, 3.8) is 0 Å². The molecule has 0 radical (unpaired) electrons. The van der Waals surface area contributed by atoms with E-state index in [-0.39, 0.29) is 18.7 Å². The summed E-state index contributed by atoms with van der Waals surface area (Å²) >= 11 is 0. The summed E-state index contributed by atoms with van der Waals surface area (Å²) in [6.45, 7) is 9.85. The summed E-state index contributed by atoms with van der Waals surface area (Å²) in [7, 11) is 0. The highest BCUT2D eigenvalue weighted by molar-refractivity contribution is 6.28. The van der Waals surface area contributed by atoms with Crippen molar-refractivity contribution in [3.8, 4) is 0 Å². The monoisotopic (exact) mass is 319 g/mol. The van der Waals surface area contributed by atoms with Crippen molar-refractivity contribution in [1.29, 1.82) is 0 Å². The van der Waals surface area contributed by atoms with Crippen molar-refractivity contribution in [3.05, 3.63) is 36.1 Å². The van der Waals surface area contributed by atoms with Gasteiger partial charge in [0.2, 0.25) is 0 Å². The molecule has 1 heterocycles. The van der Waals surface area contributed by atoms with Crippen LogP contribution in [-0.4, -0.2) is 58.7 Å². The number of nitrogens with zero attached hydrogens (tertiary/aromatic N) is 3. The zero-order chi connectivity index (χ0) is 17.4. The number of carbonyl (C=O) groups is 3. The molecule has 0 aromatic carbocycles. The topological polar surface area (TPSA) is 60.9 Å². The second kappa shape index (κ2) is 8.92. The van der Waals surface area contributed by atoms with E-state index in [0.29, 0.717) is 0 Å². The summed E-state index contributed by atoms with van der Waals surface area (Å²) < 4.78 is 0. The van der Waals surface area contributed by atoms with Crippen LogP contribution in [0.25, 0.3) is 0 Å². The minimum Gasteiger partial charge on any atom is -0.378 e. The lowest BCUT2D eigenvalue weighted by Gasteiger charge is -2.32. The van der Waals surface area contributed by atoms with E-state index in [2.05, 4.69) is 18.7 Å². The highest BCUT2D eigenvalue weighted by Gasteiger charge is 2.39. The fraction of sp³-hybridized carbons (Fsp3) is 0.471. The van der Waals surface area contributed by atoms with Crippen LogP contribution in [0.2, 0.25) is 0 Å². The Balaban J connectivity index is 2.93. The summed E-state index contributed by atoms with van der Waals surface area (Å²) in [6, 6.07) is -0.549. The van der Waals surface area contributed by atoms with Crippen molar-refractivity contribution < 1.29 is 14.4 Å². The highest BCUT2D eigenvalue weighted by atomic mass is 16.2. The molecule has 6 nitrogen and oxygen atoms in total. The number of rotatable bonds is 7. The van der Waals surface area contributed by atoms with Crippen LogP contribution in [0.5, 0.6) is 0 Å². The third-order valence-corrected chi connectivity index (χ3v) is 3.64. The quantitative estimate of drug-likeness (QED) is 0.410. The molecule has 0 bridgehead atoms. The molecule has 0 aromatic rings. The maximum Gasteiger partial charge on any atom is 0.333 e. The Labute approximate surface area is 137 Å². The van der Waals surface area contributed by atoms with E-state index in [4.69, 9.17) is 0 Å². The first-order valence-corrected chi connectivity index (χ1v) is 7.98. The average Bonchev–Trinajstić information content (AvgIpc) is 2.54. The number of allylic oxidation sites excluding steroid dienone is 4. The summed E-state index contributed by atoms with van der Waals surface area (Å²) in [5.74, 6) is -1.07. The van der Waals surface area contributed by atoms with Crippen molar-refractivity contribution in [2.45, 2.75) is 27.7 Å². The zero-order valence-electron chi connectivity index (χ0n) is 14.3. The van der Waals surface area contributed by atoms with Crippen LogP contribution in [0.4, 0.5) is 4.79 Å². The molecule has 1 saturated heterocycles. The van der Waals surface area contributed by atoms with Gasteiger partial charge < -0.3 is 4.90 Å². The molecule has 0 N–H and O–H groups in total. The van der Waals surface area contributed by atoms with E-state index in [0.717, 1.165) is 22.9 Å². The Kier molecular flexibility index (Phi) is 7.25. The number of amides is 4. The second-order valence-corrected chi connectivity index (χ2v) is 4.91. The van der Waals surface area contributed by atoms with Crippen LogP contribution in [0.3, 0.4) is 0 Å². The minimum atomic E-state index is -0.549. The van der Waals surface area contributed by atoms with E-state index in [9.17, 15) is 14.4 Å². The number of carbonyl (C=O) groups excluding carboxylic acids is 3. The third kappa shape index (κ3) is 4.31. The number of hydrogen-bond donors (Lipinski definition) is 0. The Morgan fingerprint density at radius 2 is 1.35 bits per heavy atom. The molecule has 0 spiro atoms. The molecule has 126 valence electrons. The molecule has 23 heavy (non-hydrogen) atoms. The van der Waals surface area contributed by atoms with Gasteiger partial charge in [-0.1, -0.05) is 12.2 Å². The molecule has 1 aliphatic rings. The molecule has 6 heteroatoms. The first-order chi connectivity index (χ1) is 11.0. The van der Waals surface area contributed by atoms with E-state index in [1.807, 2.05) is 12.3 Å². The Morgan fingerprint density at radius 3 is 1.78 bits per heavy atom. The van der Waals surface area contributed by atoms with Gasteiger partial charge in [-0.2, -0.15) is 0 Å². The van der Waals surface area contributed by atoms with Gasteiger partial charge >= 0.3 is 6.03 Å². The first-order valence-electron chi connectivity index (χ1n) is 7.98. The van der Waals surface area contributed by atoms with Crippen LogP contribution in [-0.2, 0) is 9.59 Å². The van der Waals surface area contributed by atoms with Crippen molar-refractivity contribution in [1.82, 2.24) is 14.7 Å². The second-order valence-electron chi connectivity index (χ2n) is 4.91. The van der Waals surface area contributed by atoms with Gasteiger partial charge in [-0.25, -0.2) is 4.79 Å². The van der Waals surface area contributed by atoms with Crippen molar-refractivity contribution in [2.75, 3.05) is 26.2 Å². The van der Waals surface area contributed by atoms with E-state index in [1.54, 1.807) is 26.0 Å². The van der Waals surface area contributed by atoms with Crippen LogP contribution >= 0.6 is 0 Å². The summed E-state index contributed by atoms with van der Waals surface area (Å²) in [5, 5.41) is 0. The number of likely N-dealkylation sites (N-methyl/N-ethyl adjacent to an activating group) is 2. The molecule has 0 aliphatic carbocycles. The molecule has 1 aliphatic heterocycles. The fourth-order valence-electron chi connectivity index (χ4n) is 2.22. The van der Waals surface area contributed by atoms with Crippen LogP contribution in [0, 0.1) is 0 Å². The van der Waals surface area contributed by atoms with Gasteiger partial charge in [0.15, 0.2) is 0 Å². The van der Waals surface area contributed by atoms with Crippen LogP contribution in [0.1, 0.15) is 27.7 Å². The van der Waals surface area contributed by atoms with Gasteiger partial charge in [0.05, 0.1) is 0 Å². The lowest BCUT2D eigenvalue weighted by Crippen LogP contribution is -2.56. The number of barbiturate groups is 1. The Hall–Kier alpha value is -2.37. The Morgan fingerprint density at radius 1 is 0.826 bits per heavy atom. The van der Waals surface area contributed by atoms with Crippen molar-refractivity contribution in [2.24, 2.45) is 0 Å². The molecule has 4 amide bonds. The number of urea groups is 1. The molecule has 1 fully saturated rings.